The van der Waals surface area contributed by atoms with Crippen molar-refractivity contribution in [3.63, 3.8) is 0 Å². The molecule has 0 aliphatic carbocycles. The number of carboxylic acid groups (broad SMARTS) is 1. The zero-order chi connectivity index (χ0) is 14.7. The lowest BCUT2D eigenvalue weighted by atomic mass is 9.98. The lowest BCUT2D eigenvalue weighted by Gasteiger charge is -2.35. The average Bonchev–Trinajstić information content (AvgIpc) is 2.52. The number of piperidine rings is 1. The summed E-state index contributed by atoms with van der Waals surface area (Å²) in [4.78, 5) is 22.1. The molecule has 0 radical (unpaired) electrons. The minimum atomic E-state index is -0.736. The molecule has 1 aromatic carbocycles. The predicted molar refractivity (Wildman–Crippen MR) is 81.4 cm³/mol. The molecule has 0 saturated carbocycles. The normalized spacial score (nSPS) is 18.9. The maximum absolute atomic E-state index is 10.8. The number of carboxylic acids is 1. The molecule has 2 heterocycles. The second-order valence-electron chi connectivity index (χ2n) is 5.50. The summed E-state index contributed by atoms with van der Waals surface area (Å²) in [5, 5.41) is 9.92. The zero-order valence-corrected chi connectivity index (χ0v) is 11.9. The topological polar surface area (TPSA) is 66.3 Å². The molecule has 1 N–H and O–H groups in total. The Bertz CT molecular complexity index is 644. The molecular weight excluding hydrogens is 266 g/mol. The van der Waals surface area contributed by atoms with Gasteiger partial charge in [0.2, 0.25) is 5.95 Å². The Morgan fingerprint density at radius 3 is 3.05 bits per heavy atom. The molecule has 0 amide bonds. The molecule has 0 spiro atoms. The highest BCUT2D eigenvalue weighted by Crippen LogP contribution is 2.25. The van der Waals surface area contributed by atoms with Gasteiger partial charge in [-0.3, -0.25) is 4.79 Å². The first-order valence-corrected chi connectivity index (χ1v) is 7.44. The third kappa shape index (κ3) is 3.12. The molecule has 21 heavy (non-hydrogen) atoms. The van der Waals surface area contributed by atoms with Crippen LogP contribution in [0.4, 0.5) is 5.95 Å². The van der Waals surface area contributed by atoms with Gasteiger partial charge in [-0.1, -0.05) is 18.2 Å². The van der Waals surface area contributed by atoms with E-state index in [9.17, 15) is 4.79 Å². The quantitative estimate of drug-likeness (QED) is 0.935. The number of hydrogen-bond donors (Lipinski definition) is 1. The highest BCUT2D eigenvalue weighted by atomic mass is 16.4. The first kappa shape index (κ1) is 13.8. The van der Waals surface area contributed by atoms with Crippen molar-refractivity contribution in [2.24, 2.45) is 0 Å². The van der Waals surface area contributed by atoms with Crippen LogP contribution in [0.5, 0.6) is 0 Å². The lowest BCUT2D eigenvalue weighted by molar-refractivity contribution is -0.137. The Labute approximate surface area is 123 Å². The third-order valence-electron chi connectivity index (χ3n) is 4.05. The van der Waals surface area contributed by atoms with E-state index in [4.69, 9.17) is 5.11 Å². The van der Waals surface area contributed by atoms with Crippen molar-refractivity contribution < 1.29 is 9.90 Å². The van der Waals surface area contributed by atoms with Gasteiger partial charge >= 0.3 is 5.97 Å². The highest BCUT2D eigenvalue weighted by Gasteiger charge is 2.25. The van der Waals surface area contributed by atoms with E-state index in [1.807, 2.05) is 30.5 Å². The van der Waals surface area contributed by atoms with Crippen LogP contribution < -0.4 is 4.90 Å². The molecular formula is C16H19N3O2. The number of anilines is 1. The summed E-state index contributed by atoms with van der Waals surface area (Å²) in [5.41, 5.74) is 0.935. The van der Waals surface area contributed by atoms with Crippen LogP contribution in [-0.2, 0) is 4.79 Å². The van der Waals surface area contributed by atoms with Crippen LogP contribution in [-0.4, -0.2) is 33.6 Å². The van der Waals surface area contributed by atoms with Crippen molar-refractivity contribution in [2.75, 3.05) is 11.4 Å². The maximum Gasteiger partial charge on any atom is 0.303 e. The highest BCUT2D eigenvalue weighted by molar-refractivity contribution is 5.78. The van der Waals surface area contributed by atoms with Crippen molar-refractivity contribution in [3.8, 4) is 0 Å². The molecule has 1 aliphatic rings. The fraction of sp³-hybridized carbons (Fsp3) is 0.438. The van der Waals surface area contributed by atoms with Gasteiger partial charge < -0.3 is 10.0 Å². The number of nitrogens with zero attached hydrogens (tertiary/aromatic N) is 3. The minimum absolute atomic E-state index is 0.203. The van der Waals surface area contributed by atoms with Gasteiger partial charge in [0.25, 0.3) is 0 Å². The second kappa shape index (κ2) is 6.08. The summed E-state index contributed by atoms with van der Waals surface area (Å²) in [5.74, 6) is -0.0104. The van der Waals surface area contributed by atoms with Gasteiger partial charge in [0.05, 0.1) is 5.52 Å². The maximum atomic E-state index is 10.8. The van der Waals surface area contributed by atoms with Crippen molar-refractivity contribution in [2.45, 2.75) is 38.1 Å². The summed E-state index contributed by atoms with van der Waals surface area (Å²) < 4.78 is 0. The van der Waals surface area contributed by atoms with Crippen LogP contribution in [0.3, 0.4) is 0 Å². The van der Waals surface area contributed by atoms with E-state index in [1.165, 1.54) is 0 Å². The third-order valence-corrected chi connectivity index (χ3v) is 4.05. The Morgan fingerprint density at radius 1 is 1.33 bits per heavy atom. The summed E-state index contributed by atoms with van der Waals surface area (Å²) in [6.45, 7) is 0.905. The number of carbonyl (C=O) groups is 1. The number of para-hydroxylation sites is 1. The van der Waals surface area contributed by atoms with Crippen molar-refractivity contribution in [1.29, 1.82) is 0 Å². The Morgan fingerprint density at radius 2 is 2.19 bits per heavy atom. The Kier molecular flexibility index (Phi) is 3.99. The SMILES string of the molecule is O=C(O)CCC1CCCCN1c1ncc2ccccc2n1. The first-order valence-electron chi connectivity index (χ1n) is 7.44. The summed E-state index contributed by atoms with van der Waals surface area (Å²) in [6.07, 6.45) is 5.98. The smallest absolute Gasteiger partial charge is 0.303 e. The van der Waals surface area contributed by atoms with Gasteiger partial charge in [-0.05, 0) is 31.7 Å². The van der Waals surface area contributed by atoms with Crippen molar-refractivity contribution in [1.82, 2.24) is 9.97 Å². The van der Waals surface area contributed by atoms with E-state index < -0.39 is 5.97 Å². The molecule has 5 nitrogen and oxygen atoms in total. The van der Waals surface area contributed by atoms with E-state index in [-0.39, 0.29) is 12.5 Å². The molecule has 1 fully saturated rings. The fourth-order valence-electron chi connectivity index (χ4n) is 2.95. The molecule has 1 aliphatic heterocycles. The van der Waals surface area contributed by atoms with E-state index >= 15 is 0 Å². The van der Waals surface area contributed by atoms with Crippen LogP contribution in [0.2, 0.25) is 0 Å². The molecule has 1 aromatic heterocycles. The molecule has 1 saturated heterocycles. The van der Waals surface area contributed by atoms with E-state index in [0.717, 1.165) is 42.7 Å². The number of hydrogen-bond acceptors (Lipinski definition) is 4. The Balaban J connectivity index is 1.85. The van der Waals surface area contributed by atoms with E-state index in [2.05, 4.69) is 14.9 Å². The van der Waals surface area contributed by atoms with E-state index in [1.54, 1.807) is 0 Å². The molecule has 0 bridgehead atoms. The van der Waals surface area contributed by atoms with Crippen molar-refractivity contribution >= 4 is 22.8 Å². The number of benzene rings is 1. The standard InChI is InChI=1S/C16H19N3O2/c20-15(21)9-8-13-6-3-4-10-19(13)16-17-11-12-5-1-2-7-14(12)18-16/h1-2,5,7,11,13H,3-4,6,8-10H2,(H,20,21). The van der Waals surface area contributed by atoms with Gasteiger partial charge in [-0.15, -0.1) is 0 Å². The van der Waals surface area contributed by atoms with Gasteiger partial charge in [-0.25, -0.2) is 9.97 Å². The van der Waals surface area contributed by atoms with Crippen LogP contribution in [0.15, 0.2) is 30.5 Å². The lowest BCUT2D eigenvalue weighted by Crippen LogP contribution is -2.41. The summed E-state index contributed by atoms with van der Waals surface area (Å²) >= 11 is 0. The van der Waals surface area contributed by atoms with Gasteiger partial charge in [0.1, 0.15) is 0 Å². The molecule has 1 unspecified atom stereocenters. The number of aromatic nitrogens is 2. The monoisotopic (exact) mass is 285 g/mol. The minimum Gasteiger partial charge on any atom is -0.481 e. The average molecular weight is 285 g/mol. The number of fused-ring (bicyclic) bond motifs is 1. The molecule has 1 atom stereocenters. The van der Waals surface area contributed by atoms with Crippen molar-refractivity contribution in [3.05, 3.63) is 30.5 Å². The second-order valence-corrected chi connectivity index (χ2v) is 5.50. The molecule has 110 valence electrons. The number of aliphatic carboxylic acids is 1. The summed E-state index contributed by atoms with van der Waals surface area (Å²) in [6, 6.07) is 8.16. The van der Waals surface area contributed by atoms with E-state index in [0.29, 0.717) is 6.42 Å². The van der Waals surface area contributed by atoms with Crippen LogP contribution in [0, 0.1) is 0 Å². The largest absolute Gasteiger partial charge is 0.481 e. The Hall–Kier alpha value is -2.17. The van der Waals surface area contributed by atoms with Gasteiger partial charge in [0, 0.05) is 30.6 Å². The first-order chi connectivity index (χ1) is 10.2. The number of rotatable bonds is 4. The molecule has 2 aromatic rings. The van der Waals surface area contributed by atoms with Crippen LogP contribution in [0.1, 0.15) is 32.1 Å². The van der Waals surface area contributed by atoms with Crippen LogP contribution >= 0.6 is 0 Å². The van der Waals surface area contributed by atoms with Gasteiger partial charge in [-0.2, -0.15) is 0 Å². The molecule has 5 heteroatoms. The molecule has 3 rings (SSSR count). The zero-order valence-electron chi connectivity index (χ0n) is 11.9. The fourth-order valence-corrected chi connectivity index (χ4v) is 2.95. The van der Waals surface area contributed by atoms with Crippen LogP contribution in [0.25, 0.3) is 10.9 Å². The predicted octanol–water partition coefficient (Wildman–Crippen LogP) is 2.85. The summed E-state index contributed by atoms with van der Waals surface area (Å²) in [7, 11) is 0. The van der Waals surface area contributed by atoms with Gasteiger partial charge in [0.15, 0.2) is 0 Å².